The minimum absolute atomic E-state index is 0.192. The highest BCUT2D eigenvalue weighted by Gasteiger charge is 2.51. The number of allylic oxidation sites excluding steroid dienone is 1. The fourth-order valence-electron chi connectivity index (χ4n) is 3.27. The van der Waals surface area contributed by atoms with Crippen LogP contribution >= 0.6 is 11.3 Å². The molecule has 0 aliphatic heterocycles. The molecule has 2 aliphatic rings. The monoisotopic (exact) mass is 232 g/mol. The smallest absolute Gasteiger partial charge is 0.175 e. The predicted octanol–water partition coefficient (Wildman–Crippen LogP) is 4.08. The molecule has 2 heteroatoms. The van der Waals surface area contributed by atoms with Crippen LogP contribution < -0.4 is 0 Å². The molecule has 0 N–H and O–H groups in total. The molecule has 1 fully saturated rings. The van der Waals surface area contributed by atoms with Crippen LogP contribution in [0.5, 0.6) is 0 Å². The van der Waals surface area contributed by atoms with Gasteiger partial charge in [-0.25, -0.2) is 0 Å². The molecule has 1 spiro atoms. The Labute approximate surface area is 100 Å². The topological polar surface area (TPSA) is 17.1 Å². The van der Waals surface area contributed by atoms with Crippen molar-refractivity contribution >= 4 is 22.7 Å². The molecular weight excluding hydrogens is 216 g/mol. The molecule has 2 aliphatic carbocycles. The number of hydrogen-bond donors (Lipinski definition) is 0. The highest BCUT2D eigenvalue weighted by atomic mass is 32.1. The molecule has 1 aromatic rings. The Morgan fingerprint density at radius 2 is 2.12 bits per heavy atom. The van der Waals surface area contributed by atoms with Gasteiger partial charge >= 0.3 is 0 Å². The summed E-state index contributed by atoms with van der Waals surface area (Å²) < 4.78 is 0. The maximum Gasteiger partial charge on any atom is 0.175 e. The van der Waals surface area contributed by atoms with E-state index in [0.717, 1.165) is 36.0 Å². The van der Waals surface area contributed by atoms with Gasteiger partial charge in [-0.05, 0) is 35.8 Å². The maximum atomic E-state index is 12.6. The third kappa shape index (κ3) is 1.03. The second-order valence-corrected chi connectivity index (χ2v) is 5.86. The second kappa shape index (κ2) is 3.30. The minimum Gasteiger partial charge on any atom is -0.293 e. The predicted molar refractivity (Wildman–Crippen MR) is 68.0 cm³/mol. The van der Waals surface area contributed by atoms with Crippen LogP contribution in [0.3, 0.4) is 0 Å². The van der Waals surface area contributed by atoms with Gasteiger partial charge < -0.3 is 0 Å². The summed E-state index contributed by atoms with van der Waals surface area (Å²) in [4.78, 5) is 13.9. The normalized spacial score (nSPS) is 22.1. The van der Waals surface area contributed by atoms with E-state index in [-0.39, 0.29) is 5.41 Å². The fraction of sp³-hybridized carbons (Fsp3) is 0.500. The number of Topliss-reactive ketones (excluding diaryl/α,β-unsaturated/α-hetero) is 1. The Hall–Kier alpha value is -0.890. The lowest BCUT2D eigenvalue weighted by Crippen LogP contribution is -2.23. The summed E-state index contributed by atoms with van der Waals surface area (Å²) in [6, 6.07) is 0. The van der Waals surface area contributed by atoms with Crippen LogP contribution in [0.25, 0.3) is 5.57 Å². The molecule has 1 nitrogen and oxygen atoms in total. The van der Waals surface area contributed by atoms with Crippen LogP contribution in [0.1, 0.15) is 53.4 Å². The first kappa shape index (κ1) is 10.3. The number of carbonyl (C=O) groups excluding carboxylic acids is 1. The van der Waals surface area contributed by atoms with Crippen LogP contribution in [-0.4, -0.2) is 5.78 Å². The van der Waals surface area contributed by atoms with Gasteiger partial charge in [-0.15, -0.1) is 11.3 Å². The standard InChI is InChI=1S/C14H16OS/c1-3-11-12-10(8-16-11)9(2)14(13(12)15)6-4-5-7-14/h8H,2-7H2,1H3. The van der Waals surface area contributed by atoms with E-state index in [9.17, 15) is 4.79 Å². The molecular formula is C14H16OS. The number of ketones is 1. The summed E-state index contributed by atoms with van der Waals surface area (Å²) in [7, 11) is 0. The number of hydrogen-bond acceptors (Lipinski definition) is 2. The lowest BCUT2D eigenvalue weighted by atomic mass is 9.79. The first-order chi connectivity index (χ1) is 7.70. The fourth-order valence-corrected chi connectivity index (χ4v) is 4.28. The summed E-state index contributed by atoms with van der Waals surface area (Å²) in [6.45, 7) is 6.34. The van der Waals surface area contributed by atoms with Crippen LogP contribution in [0.4, 0.5) is 0 Å². The lowest BCUT2D eigenvalue weighted by molar-refractivity contribution is 0.0880. The molecule has 84 valence electrons. The van der Waals surface area contributed by atoms with Crippen molar-refractivity contribution in [3.63, 3.8) is 0 Å². The minimum atomic E-state index is -0.192. The van der Waals surface area contributed by atoms with E-state index in [1.807, 2.05) is 0 Å². The van der Waals surface area contributed by atoms with Gasteiger partial charge in [-0.1, -0.05) is 26.3 Å². The van der Waals surface area contributed by atoms with Crippen molar-refractivity contribution in [3.8, 4) is 0 Å². The number of fused-ring (bicyclic) bond motifs is 1. The van der Waals surface area contributed by atoms with Crippen LogP contribution in [-0.2, 0) is 6.42 Å². The summed E-state index contributed by atoms with van der Waals surface area (Å²) in [5, 5.41) is 2.14. The number of rotatable bonds is 1. The van der Waals surface area contributed by atoms with E-state index in [4.69, 9.17) is 0 Å². The zero-order valence-electron chi connectivity index (χ0n) is 9.64. The molecule has 0 radical (unpaired) electrons. The van der Waals surface area contributed by atoms with Gasteiger partial charge in [0.2, 0.25) is 0 Å². The molecule has 0 saturated heterocycles. The van der Waals surface area contributed by atoms with Crippen LogP contribution in [0.2, 0.25) is 0 Å². The lowest BCUT2D eigenvalue weighted by Gasteiger charge is -2.22. The van der Waals surface area contributed by atoms with Crippen molar-refractivity contribution < 1.29 is 4.79 Å². The van der Waals surface area contributed by atoms with E-state index in [0.29, 0.717) is 5.78 Å². The van der Waals surface area contributed by atoms with E-state index < -0.39 is 0 Å². The Kier molecular flexibility index (Phi) is 2.12. The van der Waals surface area contributed by atoms with E-state index in [2.05, 4.69) is 18.9 Å². The molecule has 1 aromatic heterocycles. The van der Waals surface area contributed by atoms with Gasteiger partial charge in [0, 0.05) is 10.4 Å². The molecule has 0 unspecified atom stereocenters. The van der Waals surface area contributed by atoms with Gasteiger partial charge in [-0.2, -0.15) is 0 Å². The Bertz CT molecular complexity index is 475. The Morgan fingerprint density at radius 1 is 1.44 bits per heavy atom. The van der Waals surface area contributed by atoms with Gasteiger partial charge in [0.25, 0.3) is 0 Å². The van der Waals surface area contributed by atoms with Crippen molar-refractivity contribution in [3.05, 3.63) is 28.0 Å². The SMILES string of the molecule is C=C1c2csc(CC)c2C(=O)C12CCCC2. The van der Waals surface area contributed by atoms with Gasteiger partial charge in [0.1, 0.15) is 0 Å². The highest BCUT2D eigenvalue weighted by molar-refractivity contribution is 7.10. The molecule has 16 heavy (non-hydrogen) atoms. The largest absolute Gasteiger partial charge is 0.293 e. The summed E-state index contributed by atoms with van der Waals surface area (Å²) in [5.41, 5.74) is 3.09. The first-order valence-corrected chi connectivity index (χ1v) is 6.93. The second-order valence-electron chi connectivity index (χ2n) is 4.90. The summed E-state index contributed by atoms with van der Waals surface area (Å²) >= 11 is 1.72. The zero-order valence-corrected chi connectivity index (χ0v) is 10.5. The summed E-state index contributed by atoms with van der Waals surface area (Å²) in [6.07, 6.45) is 5.37. The quantitative estimate of drug-likeness (QED) is 0.713. The molecule has 0 bridgehead atoms. The van der Waals surface area contributed by atoms with Crippen molar-refractivity contribution in [2.75, 3.05) is 0 Å². The number of carbonyl (C=O) groups is 1. The van der Waals surface area contributed by atoms with Crippen molar-refractivity contribution in [1.82, 2.24) is 0 Å². The molecule has 1 saturated carbocycles. The zero-order chi connectivity index (χ0) is 11.3. The van der Waals surface area contributed by atoms with Gasteiger partial charge in [-0.3, -0.25) is 4.79 Å². The first-order valence-electron chi connectivity index (χ1n) is 6.05. The number of thiophene rings is 1. The average molecular weight is 232 g/mol. The molecule has 0 amide bonds. The van der Waals surface area contributed by atoms with Crippen LogP contribution in [0, 0.1) is 5.41 Å². The number of aryl methyl sites for hydroxylation is 1. The summed E-state index contributed by atoms with van der Waals surface area (Å²) in [5.74, 6) is 0.378. The third-order valence-electron chi connectivity index (χ3n) is 4.21. The molecule has 0 aromatic carbocycles. The van der Waals surface area contributed by atoms with E-state index >= 15 is 0 Å². The van der Waals surface area contributed by atoms with Crippen molar-refractivity contribution in [2.24, 2.45) is 5.41 Å². The molecule has 3 rings (SSSR count). The van der Waals surface area contributed by atoms with Gasteiger partial charge in [0.05, 0.1) is 5.41 Å². The Morgan fingerprint density at radius 3 is 2.75 bits per heavy atom. The average Bonchev–Trinajstić information content (AvgIpc) is 2.97. The Balaban J connectivity index is 2.17. The maximum absolute atomic E-state index is 12.6. The molecule has 0 atom stereocenters. The third-order valence-corrected chi connectivity index (χ3v) is 5.34. The van der Waals surface area contributed by atoms with E-state index in [1.165, 1.54) is 17.7 Å². The molecule has 1 heterocycles. The van der Waals surface area contributed by atoms with Gasteiger partial charge in [0.15, 0.2) is 5.78 Å². The van der Waals surface area contributed by atoms with Crippen LogP contribution in [0.15, 0.2) is 12.0 Å². The highest BCUT2D eigenvalue weighted by Crippen LogP contribution is 2.56. The van der Waals surface area contributed by atoms with Crippen molar-refractivity contribution in [1.29, 1.82) is 0 Å². The van der Waals surface area contributed by atoms with Crippen molar-refractivity contribution in [2.45, 2.75) is 39.0 Å². The van der Waals surface area contributed by atoms with E-state index in [1.54, 1.807) is 11.3 Å².